The number of halogens is 1. The molecule has 0 aromatic heterocycles. The number of benzene rings is 2. The molecule has 0 spiro atoms. The molecule has 0 radical (unpaired) electrons. The van der Waals surface area contributed by atoms with Gasteiger partial charge in [-0.3, -0.25) is 4.79 Å². The molecular weight excluding hydrogens is 324 g/mol. The highest BCUT2D eigenvalue weighted by atomic mass is 35.5. The second-order valence-corrected chi connectivity index (χ2v) is 6.42. The lowest BCUT2D eigenvalue weighted by Crippen LogP contribution is -2.12. The molecule has 2 aromatic carbocycles. The summed E-state index contributed by atoms with van der Waals surface area (Å²) < 4.78 is 22.5. The van der Waals surface area contributed by atoms with E-state index in [1.165, 1.54) is 24.4 Å². The van der Waals surface area contributed by atoms with Gasteiger partial charge in [-0.1, -0.05) is 17.7 Å². The quantitative estimate of drug-likeness (QED) is 0.649. The summed E-state index contributed by atoms with van der Waals surface area (Å²) in [4.78, 5) is 11.9. The second kappa shape index (κ2) is 6.74. The zero-order valence-electron chi connectivity index (χ0n) is 11.4. The van der Waals surface area contributed by atoms with Gasteiger partial charge in [0.15, 0.2) is 5.78 Å². The zero-order chi connectivity index (χ0) is 16.2. The molecule has 0 aliphatic heterocycles. The van der Waals surface area contributed by atoms with E-state index >= 15 is 0 Å². The fraction of sp³-hybridized carbons (Fsp3) is 0. The van der Waals surface area contributed by atoms with E-state index in [0.29, 0.717) is 16.3 Å². The fourth-order valence-electron chi connectivity index (χ4n) is 1.69. The fourth-order valence-corrected chi connectivity index (χ4v) is 2.37. The van der Waals surface area contributed by atoms with Crippen LogP contribution in [0.4, 0.5) is 5.69 Å². The van der Waals surface area contributed by atoms with Crippen LogP contribution in [-0.2, 0) is 10.0 Å². The van der Waals surface area contributed by atoms with Gasteiger partial charge in [0.25, 0.3) is 0 Å². The van der Waals surface area contributed by atoms with E-state index in [1.807, 2.05) is 0 Å². The van der Waals surface area contributed by atoms with Gasteiger partial charge in [-0.15, -0.1) is 0 Å². The molecule has 0 bridgehead atoms. The van der Waals surface area contributed by atoms with Crippen LogP contribution in [0.25, 0.3) is 0 Å². The normalized spacial score (nSPS) is 11.5. The molecule has 0 fully saturated rings. The maximum atomic E-state index is 11.9. The van der Waals surface area contributed by atoms with Crippen LogP contribution >= 0.6 is 11.6 Å². The highest BCUT2D eigenvalue weighted by Gasteiger charge is 2.07. The molecular formula is C15H13ClN2O3S. The number of carbonyl (C=O) groups is 1. The standard InChI is InChI=1S/C15H13ClN2O3S/c16-12-6-4-11(5-7-12)15(19)8-9-18-13-2-1-3-14(10-13)22(17,20)21/h1-10,18H,(H2,17,20,21)/b9-8+. The Bertz CT molecular complexity index is 815. The van der Waals surface area contributed by atoms with Gasteiger partial charge in [0.1, 0.15) is 0 Å². The molecule has 2 rings (SSSR count). The molecule has 0 atom stereocenters. The maximum Gasteiger partial charge on any atom is 0.238 e. The summed E-state index contributed by atoms with van der Waals surface area (Å²) >= 11 is 5.75. The van der Waals surface area contributed by atoms with Crippen molar-refractivity contribution >= 4 is 33.1 Å². The Balaban J connectivity index is 2.06. The third-order valence-corrected chi connectivity index (χ3v) is 3.94. The molecule has 2 aromatic rings. The van der Waals surface area contributed by atoms with Gasteiger partial charge in [-0.05, 0) is 42.5 Å². The van der Waals surface area contributed by atoms with E-state index < -0.39 is 10.0 Å². The third-order valence-electron chi connectivity index (χ3n) is 2.78. The third kappa shape index (κ3) is 4.42. The number of ketones is 1. The molecule has 0 unspecified atom stereocenters. The first kappa shape index (κ1) is 16.2. The minimum absolute atomic E-state index is 0.00470. The summed E-state index contributed by atoms with van der Waals surface area (Å²) in [6.45, 7) is 0. The first-order chi connectivity index (χ1) is 10.4. The Morgan fingerprint density at radius 3 is 2.45 bits per heavy atom. The van der Waals surface area contributed by atoms with E-state index in [2.05, 4.69) is 5.32 Å². The first-order valence-electron chi connectivity index (χ1n) is 6.22. The number of primary sulfonamides is 1. The van der Waals surface area contributed by atoms with Crippen LogP contribution in [0.3, 0.4) is 0 Å². The van der Waals surface area contributed by atoms with Crippen LogP contribution in [0.2, 0.25) is 5.02 Å². The highest BCUT2D eigenvalue weighted by molar-refractivity contribution is 7.89. The number of carbonyl (C=O) groups excluding carboxylic acids is 1. The van der Waals surface area contributed by atoms with Crippen molar-refractivity contribution in [1.29, 1.82) is 0 Å². The van der Waals surface area contributed by atoms with E-state index in [0.717, 1.165) is 0 Å². The minimum Gasteiger partial charge on any atom is -0.362 e. The average Bonchev–Trinajstić information content (AvgIpc) is 2.47. The molecule has 0 aliphatic carbocycles. The molecule has 0 saturated heterocycles. The maximum absolute atomic E-state index is 11.9. The number of rotatable bonds is 5. The number of anilines is 1. The molecule has 0 heterocycles. The Labute approximate surface area is 133 Å². The van der Waals surface area contributed by atoms with E-state index in [-0.39, 0.29) is 10.7 Å². The number of hydrogen-bond donors (Lipinski definition) is 2. The SMILES string of the molecule is NS(=O)(=O)c1cccc(N/C=C/C(=O)c2ccc(Cl)cc2)c1. The van der Waals surface area contributed by atoms with Crippen LogP contribution < -0.4 is 10.5 Å². The van der Waals surface area contributed by atoms with Crippen molar-refractivity contribution in [2.24, 2.45) is 5.14 Å². The molecule has 0 amide bonds. The van der Waals surface area contributed by atoms with Crippen LogP contribution in [0.5, 0.6) is 0 Å². The Kier molecular flexibility index (Phi) is 4.97. The molecule has 0 aliphatic rings. The van der Waals surface area contributed by atoms with Gasteiger partial charge in [0.05, 0.1) is 4.90 Å². The predicted octanol–water partition coefficient (Wildman–Crippen LogP) is 2.80. The summed E-state index contributed by atoms with van der Waals surface area (Å²) in [5, 5.41) is 8.43. The van der Waals surface area contributed by atoms with Crippen molar-refractivity contribution in [3.63, 3.8) is 0 Å². The van der Waals surface area contributed by atoms with E-state index in [1.54, 1.807) is 36.4 Å². The highest BCUT2D eigenvalue weighted by Crippen LogP contribution is 2.14. The van der Waals surface area contributed by atoms with Gasteiger partial charge in [0.2, 0.25) is 10.0 Å². The molecule has 0 saturated carbocycles. The summed E-state index contributed by atoms with van der Waals surface area (Å²) in [6.07, 6.45) is 2.77. The minimum atomic E-state index is -3.76. The lowest BCUT2D eigenvalue weighted by molar-refractivity contribution is 0.104. The molecule has 7 heteroatoms. The first-order valence-corrected chi connectivity index (χ1v) is 8.14. The van der Waals surface area contributed by atoms with Crippen molar-refractivity contribution in [1.82, 2.24) is 0 Å². The van der Waals surface area contributed by atoms with Crippen molar-refractivity contribution in [3.05, 3.63) is 71.4 Å². The largest absolute Gasteiger partial charge is 0.362 e. The number of sulfonamides is 1. The van der Waals surface area contributed by atoms with E-state index in [9.17, 15) is 13.2 Å². The van der Waals surface area contributed by atoms with Crippen LogP contribution in [-0.4, -0.2) is 14.2 Å². The van der Waals surface area contributed by atoms with Gasteiger partial charge in [0, 0.05) is 28.5 Å². The monoisotopic (exact) mass is 336 g/mol. The van der Waals surface area contributed by atoms with Crippen LogP contribution in [0.15, 0.2) is 65.7 Å². The van der Waals surface area contributed by atoms with Crippen molar-refractivity contribution in [2.75, 3.05) is 5.32 Å². The van der Waals surface area contributed by atoms with Crippen LogP contribution in [0, 0.1) is 0 Å². The average molecular weight is 337 g/mol. The lowest BCUT2D eigenvalue weighted by Gasteiger charge is -2.03. The number of nitrogens with one attached hydrogen (secondary N) is 1. The summed E-state index contributed by atoms with van der Waals surface area (Å²) in [5.41, 5.74) is 1.01. The topological polar surface area (TPSA) is 89.3 Å². The Hall–Kier alpha value is -2.15. The Morgan fingerprint density at radius 2 is 1.82 bits per heavy atom. The van der Waals surface area contributed by atoms with Gasteiger partial charge in [-0.2, -0.15) is 0 Å². The number of nitrogens with two attached hydrogens (primary N) is 1. The second-order valence-electron chi connectivity index (χ2n) is 4.42. The lowest BCUT2D eigenvalue weighted by atomic mass is 10.1. The van der Waals surface area contributed by atoms with Gasteiger partial charge >= 0.3 is 0 Å². The van der Waals surface area contributed by atoms with Crippen LogP contribution in [0.1, 0.15) is 10.4 Å². The summed E-state index contributed by atoms with van der Waals surface area (Å²) in [7, 11) is -3.76. The molecule has 22 heavy (non-hydrogen) atoms. The van der Waals surface area contributed by atoms with Crippen molar-refractivity contribution in [2.45, 2.75) is 4.90 Å². The van der Waals surface area contributed by atoms with Crippen molar-refractivity contribution < 1.29 is 13.2 Å². The number of hydrogen-bond acceptors (Lipinski definition) is 4. The van der Waals surface area contributed by atoms with Gasteiger partial charge in [-0.25, -0.2) is 13.6 Å². The predicted molar refractivity (Wildman–Crippen MR) is 86.4 cm³/mol. The summed E-state index contributed by atoms with van der Waals surface area (Å²) in [6, 6.07) is 12.5. The molecule has 5 nitrogen and oxygen atoms in total. The van der Waals surface area contributed by atoms with Crippen molar-refractivity contribution in [3.8, 4) is 0 Å². The van der Waals surface area contributed by atoms with Gasteiger partial charge < -0.3 is 5.32 Å². The van der Waals surface area contributed by atoms with E-state index in [4.69, 9.17) is 16.7 Å². The smallest absolute Gasteiger partial charge is 0.238 e. The molecule has 3 N–H and O–H groups in total. The Morgan fingerprint density at radius 1 is 1.14 bits per heavy atom. The number of allylic oxidation sites excluding steroid dienone is 1. The zero-order valence-corrected chi connectivity index (χ0v) is 12.9. The molecule has 114 valence electrons. The summed E-state index contributed by atoms with van der Waals surface area (Å²) in [5.74, 6) is -0.202.